The van der Waals surface area contributed by atoms with Crippen LogP contribution in [0.1, 0.15) is 18.1 Å². The second-order valence-corrected chi connectivity index (χ2v) is 4.45. The van der Waals surface area contributed by atoms with E-state index < -0.39 is 0 Å². The monoisotopic (exact) mass is 257 g/mol. The lowest BCUT2D eigenvalue weighted by atomic mass is 10.1. The maximum atomic E-state index is 8.86. The summed E-state index contributed by atoms with van der Waals surface area (Å²) in [6.45, 7) is 5.04. The molecule has 14 heavy (non-hydrogen) atoms. The Bertz CT molecular complexity index is 301. The molecule has 1 aromatic carbocycles. The van der Waals surface area contributed by atoms with Crippen LogP contribution in [-0.4, -0.2) is 17.8 Å². The third-order valence-electron chi connectivity index (χ3n) is 2.22. The van der Waals surface area contributed by atoms with Crippen molar-refractivity contribution >= 4 is 15.9 Å². The average molecular weight is 258 g/mol. The maximum Gasteiger partial charge on any atom is 0.0582 e. The van der Waals surface area contributed by atoms with Gasteiger partial charge >= 0.3 is 0 Å². The smallest absolute Gasteiger partial charge is 0.0582 e. The summed E-state index contributed by atoms with van der Waals surface area (Å²) >= 11 is 3.43. The van der Waals surface area contributed by atoms with Crippen molar-refractivity contribution in [2.24, 2.45) is 0 Å². The molecule has 0 aromatic heterocycles. The van der Waals surface area contributed by atoms with Crippen LogP contribution >= 0.6 is 15.9 Å². The van der Waals surface area contributed by atoms with Gasteiger partial charge in [-0.2, -0.15) is 0 Å². The van der Waals surface area contributed by atoms with Crippen molar-refractivity contribution < 1.29 is 5.11 Å². The maximum absolute atomic E-state index is 8.86. The summed E-state index contributed by atoms with van der Waals surface area (Å²) in [4.78, 5) is 0. The molecule has 0 saturated heterocycles. The average Bonchev–Trinajstić information content (AvgIpc) is 2.16. The first-order valence-corrected chi connectivity index (χ1v) is 5.52. The summed E-state index contributed by atoms with van der Waals surface area (Å²) < 4.78 is 1.11. The fourth-order valence-corrected chi connectivity index (χ4v) is 1.68. The van der Waals surface area contributed by atoms with E-state index in [0.717, 1.165) is 11.0 Å². The summed E-state index contributed by atoms with van der Waals surface area (Å²) in [5.74, 6) is 0. The van der Waals surface area contributed by atoms with E-state index in [1.54, 1.807) is 0 Å². The van der Waals surface area contributed by atoms with E-state index in [9.17, 15) is 0 Å². The minimum absolute atomic E-state index is 0.151. The van der Waals surface area contributed by atoms with Gasteiger partial charge in [-0.15, -0.1) is 0 Å². The minimum Gasteiger partial charge on any atom is -0.395 e. The van der Waals surface area contributed by atoms with Crippen molar-refractivity contribution in [3.05, 3.63) is 33.8 Å². The van der Waals surface area contributed by atoms with Crippen molar-refractivity contribution in [1.82, 2.24) is 5.32 Å². The summed E-state index contributed by atoms with van der Waals surface area (Å²) in [7, 11) is 0. The number of rotatable bonds is 4. The highest BCUT2D eigenvalue weighted by atomic mass is 79.9. The molecule has 2 N–H and O–H groups in total. The SMILES string of the molecule is Cc1cc(Br)ccc1CN[C@H](C)CO. The van der Waals surface area contributed by atoms with Gasteiger partial charge in [0.05, 0.1) is 6.61 Å². The third-order valence-corrected chi connectivity index (χ3v) is 2.71. The Morgan fingerprint density at radius 1 is 1.50 bits per heavy atom. The Hall–Kier alpha value is -0.380. The number of aryl methyl sites for hydroxylation is 1. The second-order valence-electron chi connectivity index (χ2n) is 3.54. The molecule has 0 aliphatic carbocycles. The van der Waals surface area contributed by atoms with Crippen LogP contribution in [0.15, 0.2) is 22.7 Å². The van der Waals surface area contributed by atoms with E-state index in [-0.39, 0.29) is 12.6 Å². The Kier molecular flexibility index (Phi) is 4.58. The molecule has 0 unspecified atom stereocenters. The summed E-state index contributed by atoms with van der Waals surface area (Å²) in [5.41, 5.74) is 2.53. The predicted octanol–water partition coefficient (Wildman–Crippen LogP) is 2.23. The van der Waals surface area contributed by atoms with Gasteiger partial charge in [-0.25, -0.2) is 0 Å². The molecular weight excluding hydrogens is 242 g/mol. The van der Waals surface area contributed by atoms with E-state index in [0.29, 0.717) is 0 Å². The van der Waals surface area contributed by atoms with Crippen LogP contribution in [0.3, 0.4) is 0 Å². The molecule has 0 fully saturated rings. The number of hydrogen-bond donors (Lipinski definition) is 2. The van der Waals surface area contributed by atoms with E-state index >= 15 is 0 Å². The topological polar surface area (TPSA) is 32.3 Å². The highest BCUT2D eigenvalue weighted by Crippen LogP contribution is 2.15. The lowest BCUT2D eigenvalue weighted by Gasteiger charge is -2.12. The first-order chi connectivity index (χ1) is 6.63. The third kappa shape index (κ3) is 3.40. The largest absolute Gasteiger partial charge is 0.395 e. The molecule has 0 aliphatic heterocycles. The van der Waals surface area contributed by atoms with E-state index in [1.165, 1.54) is 11.1 Å². The zero-order chi connectivity index (χ0) is 10.6. The number of hydrogen-bond acceptors (Lipinski definition) is 2. The highest BCUT2D eigenvalue weighted by Gasteiger charge is 2.01. The molecule has 1 rings (SSSR count). The van der Waals surface area contributed by atoms with Gasteiger partial charge in [0.25, 0.3) is 0 Å². The quantitative estimate of drug-likeness (QED) is 0.868. The van der Waals surface area contributed by atoms with Gasteiger partial charge in [0.1, 0.15) is 0 Å². The van der Waals surface area contributed by atoms with Crippen LogP contribution in [0.5, 0.6) is 0 Å². The standard InChI is InChI=1S/C11H16BrNO/c1-8-5-11(12)4-3-10(8)6-13-9(2)7-14/h3-5,9,13-14H,6-7H2,1-2H3/t9-/m1/s1. The molecule has 0 amide bonds. The Balaban J connectivity index is 2.59. The predicted molar refractivity (Wildman–Crippen MR) is 62.3 cm³/mol. The lowest BCUT2D eigenvalue weighted by Crippen LogP contribution is -2.28. The van der Waals surface area contributed by atoms with Gasteiger partial charge in [-0.1, -0.05) is 22.0 Å². The van der Waals surface area contributed by atoms with Crippen molar-refractivity contribution in [3.8, 4) is 0 Å². The molecule has 0 spiro atoms. The number of aliphatic hydroxyl groups excluding tert-OH is 1. The number of aliphatic hydroxyl groups is 1. The molecule has 1 atom stereocenters. The number of nitrogens with one attached hydrogen (secondary N) is 1. The summed E-state index contributed by atoms with van der Waals surface area (Å²) in [6, 6.07) is 6.38. The van der Waals surface area contributed by atoms with Crippen LogP contribution in [0.4, 0.5) is 0 Å². The number of benzene rings is 1. The molecule has 1 aromatic rings. The molecule has 0 aliphatic rings. The van der Waals surface area contributed by atoms with Gasteiger partial charge in [-0.3, -0.25) is 0 Å². The molecule has 3 heteroatoms. The summed E-state index contributed by atoms with van der Waals surface area (Å²) in [6.07, 6.45) is 0. The van der Waals surface area contributed by atoms with Gasteiger partial charge in [0.2, 0.25) is 0 Å². The Morgan fingerprint density at radius 3 is 2.79 bits per heavy atom. The van der Waals surface area contributed by atoms with Crippen LogP contribution in [0, 0.1) is 6.92 Å². The normalized spacial score (nSPS) is 12.9. The van der Waals surface area contributed by atoms with Crippen LogP contribution in [-0.2, 0) is 6.54 Å². The molecule has 0 radical (unpaired) electrons. The van der Waals surface area contributed by atoms with Gasteiger partial charge < -0.3 is 10.4 Å². The van der Waals surface area contributed by atoms with Crippen LogP contribution in [0.25, 0.3) is 0 Å². The van der Waals surface area contributed by atoms with Gasteiger partial charge in [-0.05, 0) is 37.1 Å². The van der Waals surface area contributed by atoms with Crippen molar-refractivity contribution in [2.75, 3.05) is 6.61 Å². The fourth-order valence-electron chi connectivity index (χ4n) is 1.21. The van der Waals surface area contributed by atoms with Crippen molar-refractivity contribution in [3.63, 3.8) is 0 Å². The van der Waals surface area contributed by atoms with Crippen molar-refractivity contribution in [1.29, 1.82) is 0 Å². The van der Waals surface area contributed by atoms with Crippen LogP contribution < -0.4 is 5.32 Å². The minimum atomic E-state index is 0.151. The van der Waals surface area contributed by atoms with Gasteiger partial charge in [0.15, 0.2) is 0 Å². The van der Waals surface area contributed by atoms with Gasteiger partial charge in [0, 0.05) is 17.1 Å². The molecular formula is C11H16BrNO. The molecule has 78 valence electrons. The number of halogens is 1. The first-order valence-electron chi connectivity index (χ1n) is 4.72. The lowest BCUT2D eigenvalue weighted by molar-refractivity contribution is 0.251. The van der Waals surface area contributed by atoms with Crippen LogP contribution in [0.2, 0.25) is 0 Å². The van der Waals surface area contributed by atoms with E-state index in [4.69, 9.17) is 5.11 Å². The Morgan fingerprint density at radius 2 is 2.21 bits per heavy atom. The molecule has 0 bridgehead atoms. The summed E-state index contributed by atoms with van der Waals surface area (Å²) in [5, 5.41) is 12.1. The Labute approximate surface area is 93.5 Å². The van der Waals surface area contributed by atoms with Crippen molar-refractivity contribution in [2.45, 2.75) is 26.4 Å². The zero-order valence-electron chi connectivity index (χ0n) is 8.55. The second kappa shape index (κ2) is 5.49. The van der Waals surface area contributed by atoms with E-state index in [2.05, 4.69) is 40.3 Å². The molecule has 0 heterocycles. The highest BCUT2D eigenvalue weighted by molar-refractivity contribution is 9.10. The zero-order valence-corrected chi connectivity index (χ0v) is 10.1. The molecule has 2 nitrogen and oxygen atoms in total. The fraction of sp³-hybridized carbons (Fsp3) is 0.455. The van der Waals surface area contributed by atoms with E-state index in [1.807, 2.05) is 13.0 Å². The first kappa shape index (κ1) is 11.7. The molecule has 0 saturated carbocycles.